The fourth-order valence-corrected chi connectivity index (χ4v) is 5.03. The summed E-state index contributed by atoms with van der Waals surface area (Å²) in [6.45, 7) is 4.17. The largest absolute Gasteiger partial charge is 0.331 e. The van der Waals surface area contributed by atoms with Crippen LogP contribution in [0.5, 0.6) is 0 Å². The van der Waals surface area contributed by atoms with Crippen molar-refractivity contribution in [2.24, 2.45) is 0 Å². The van der Waals surface area contributed by atoms with Crippen molar-refractivity contribution in [1.29, 1.82) is 0 Å². The maximum atomic E-state index is 12.9. The molecule has 1 aromatic heterocycles. The molecule has 2 amide bonds. The second-order valence-electron chi connectivity index (χ2n) is 8.04. The predicted octanol–water partition coefficient (Wildman–Crippen LogP) is 5.36. The number of fused-ring (bicyclic) bond motifs is 1. The van der Waals surface area contributed by atoms with Gasteiger partial charge < -0.3 is 15.1 Å². The number of rotatable bonds is 4. The van der Waals surface area contributed by atoms with Crippen LogP contribution >= 0.6 is 11.3 Å². The summed E-state index contributed by atoms with van der Waals surface area (Å²) in [6, 6.07) is 17.4. The second kappa shape index (κ2) is 8.56. The Balaban J connectivity index is 1.55. The molecule has 1 N–H and O–H groups in total. The topological polar surface area (TPSA) is 35.6 Å². The Bertz CT molecular complexity index is 977. The van der Waals surface area contributed by atoms with Crippen molar-refractivity contribution in [2.45, 2.75) is 31.8 Å². The summed E-state index contributed by atoms with van der Waals surface area (Å²) in [5, 5.41) is 7.77. The molecule has 2 heterocycles. The lowest BCUT2D eigenvalue weighted by molar-refractivity contribution is 0.146. The summed E-state index contributed by atoms with van der Waals surface area (Å²) in [6.07, 6.45) is 2.07. The molecule has 2 aromatic carbocycles. The fraction of sp³-hybridized carbons (Fsp3) is 0.375. The molecule has 1 saturated heterocycles. The van der Waals surface area contributed by atoms with Gasteiger partial charge in [0.15, 0.2) is 0 Å². The zero-order chi connectivity index (χ0) is 20.4. The van der Waals surface area contributed by atoms with Crippen molar-refractivity contribution >= 4 is 28.1 Å². The van der Waals surface area contributed by atoms with Gasteiger partial charge in [-0.2, -0.15) is 0 Å². The fourth-order valence-electron chi connectivity index (χ4n) is 4.26. The van der Waals surface area contributed by atoms with Gasteiger partial charge in [0.1, 0.15) is 0 Å². The molecule has 5 heteroatoms. The van der Waals surface area contributed by atoms with Crippen LogP contribution < -0.4 is 5.32 Å². The van der Waals surface area contributed by atoms with Gasteiger partial charge in [-0.05, 0) is 73.2 Å². The SMILES string of the molecule is CC(NC(=O)N(C)C1CCN(C)CC1)c1ccc(-c2cccs2)c2ccccc12. The molecule has 3 aromatic rings. The zero-order valence-corrected chi connectivity index (χ0v) is 18.2. The molecule has 1 unspecified atom stereocenters. The average molecular weight is 408 g/mol. The highest BCUT2D eigenvalue weighted by molar-refractivity contribution is 7.13. The number of hydrogen-bond acceptors (Lipinski definition) is 3. The molecule has 0 aliphatic carbocycles. The van der Waals surface area contributed by atoms with Crippen molar-refractivity contribution in [1.82, 2.24) is 15.1 Å². The number of likely N-dealkylation sites (tertiary alicyclic amines) is 1. The summed E-state index contributed by atoms with van der Waals surface area (Å²) < 4.78 is 0. The lowest BCUT2D eigenvalue weighted by Gasteiger charge is -2.35. The number of benzene rings is 2. The highest BCUT2D eigenvalue weighted by Crippen LogP contribution is 2.35. The number of nitrogens with one attached hydrogen (secondary N) is 1. The monoisotopic (exact) mass is 407 g/mol. The number of thiophene rings is 1. The molecule has 4 nitrogen and oxygen atoms in total. The predicted molar refractivity (Wildman–Crippen MR) is 122 cm³/mol. The van der Waals surface area contributed by atoms with Crippen molar-refractivity contribution < 1.29 is 4.79 Å². The Morgan fingerprint density at radius 1 is 1.10 bits per heavy atom. The number of piperidine rings is 1. The molecule has 0 saturated carbocycles. The van der Waals surface area contributed by atoms with Crippen molar-refractivity contribution in [2.75, 3.05) is 27.2 Å². The van der Waals surface area contributed by atoms with Gasteiger partial charge in [-0.1, -0.05) is 42.5 Å². The minimum atomic E-state index is -0.0569. The van der Waals surface area contributed by atoms with E-state index < -0.39 is 0 Å². The molecule has 0 bridgehead atoms. The Labute approximate surface area is 177 Å². The van der Waals surface area contributed by atoms with Crippen LogP contribution in [0.25, 0.3) is 21.2 Å². The molecule has 29 heavy (non-hydrogen) atoms. The maximum absolute atomic E-state index is 12.9. The van der Waals surface area contributed by atoms with Gasteiger partial charge in [-0.25, -0.2) is 4.79 Å². The Morgan fingerprint density at radius 2 is 1.83 bits per heavy atom. The van der Waals surface area contributed by atoms with Gasteiger partial charge in [-0.3, -0.25) is 0 Å². The van der Waals surface area contributed by atoms with E-state index in [2.05, 4.69) is 78.1 Å². The summed E-state index contributed by atoms with van der Waals surface area (Å²) in [7, 11) is 4.07. The first-order valence-electron chi connectivity index (χ1n) is 10.3. The van der Waals surface area contributed by atoms with E-state index in [9.17, 15) is 4.79 Å². The molecule has 1 aliphatic heterocycles. The second-order valence-corrected chi connectivity index (χ2v) is 8.99. The minimum absolute atomic E-state index is 0.0125. The molecule has 1 aliphatic rings. The highest BCUT2D eigenvalue weighted by Gasteiger charge is 2.25. The molecule has 0 radical (unpaired) electrons. The Morgan fingerprint density at radius 3 is 2.52 bits per heavy atom. The van der Waals surface area contributed by atoms with Crippen molar-refractivity contribution in [3.63, 3.8) is 0 Å². The number of urea groups is 1. The van der Waals surface area contributed by atoms with Crippen LogP contribution in [0.3, 0.4) is 0 Å². The number of amides is 2. The third-order valence-corrected chi connectivity index (χ3v) is 7.01. The van der Waals surface area contributed by atoms with Crippen molar-refractivity contribution in [3.8, 4) is 10.4 Å². The Hall–Kier alpha value is -2.37. The zero-order valence-electron chi connectivity index (χ0n) is 17.4. The molecule has 1 fully saturated rings. The van der Waals surface area contributed by atoms with Gasteiger partial charge in [0.2, 0.25) is 0 Å². The quantitative estimate of drug-likeness (QED) is 0.631. The van der Waals surface area contributed by atoms with E-state index in [0.717, 1.165) is 31.5 Å². The minimum Gasteiger partial charge on any atom is -0.331 e. The lowest BCUT2D eigenvalue weighted by Crippen LogP contribution is -2.48. The smallest absolute Gasteiger partial charge is 0.317 e. The first-order chi connectivity index (χ1) is 14.0. The average Bonchev–Trinajstić information content (AvgIpc) is 3.27. The van der Waals surface area contributed by atoms with Crippen LogP contribution in [0, 0.1) is 0 Å². The van der Waals surface area contributed by atoms with Crippen LogP contribution in [0.15, 0.2) is 53.9 Å². The first kappa shape index (κ1) is 19.9. The number of nitrogens with zero attached hydrogens (tertiary/aromatic N) is 2. The number of carbonyl (C=O) groups is 1. The van der Waals surface area contributed by atoms with Crippen LogP contribution in [-0.4, -0.2) is 49.1 Å². The van der Waals surface area contributed by atoms with E-state index >= 15 is 0 Å². The normalized spacial score (nSPS) is 16.7. The van der Waals surface area contributed by atoms with E-state index in [-0.39, 0.29) is 12.1 Å². The van der Waals surface area contributed by atoms with E-state index in [1.54, 1.807) is 11.3 Å². The maximum Gasteiger partial charge on any atom is 0.317 e. The van der Waals surface area contributed by atoms with Gasteiger partial charge in [0, 0.05) is 18.0 Å². The van der Waals surface area contributed by atoms with Crippen molar-refractivity contribution in [3.05, 3.63) is 59.5 Å². The van der Waals surface area contributed by atoms with Crippen LogP contribution in [0.1, 0.15) is 31.4 Å². The van der Waals surface area contributed by atoms with E-state index in [1.807, 2.05) is 11.9 Å². The third kappa shape index (κ3) is 4.16. The molecular weight excluding hydrogens is 378 g/mol. The van der Waals surface area contributed by atoms with Crippen LogP contribution in [0.2, 0.25) is 0 Å². The summed E-state index contributed by atoms with van der Waals surface area (Å²) in [5.74, 6) is 0. The highest BCUT2D eigenvalue weighted by atomic mass is 32.1. The Kier molecular flexibility index (Phi) is 5.88. The lowest BCUT2D eigenvalue weighted by atomic mass is 9.95. The first-order valence-corrected chi connectivity index (χ1v) is 11.2. The third-order valence-electron chi connectivity index (χ3n) is 6.11. The summed E-state index contributed by atoms with van der Waals surface area (Å²) in [5.41, 5.74) is 2.41. The molecule has 1 atom stereocenters. The van der Waals surface area contributed by atoms with Crippen LogP contribution in [-0.2, 0) is 0 Å². The van der Waals surface area contributed by atoms with Gasteiger partial charge in [-0.15, -0.1) is 11.3 Å². The summed E-state index contributed by atoms with van der Waals surface area (Å²) >= 11 is 1.76. The number of carbonyl (C=O) groups excluding carboxylic acids is 1. The van der Waals surface area contributed by atoms with Gasteiger partial charge in [0.25, 0.3) is 0 Å². The van der Waals surface area contributed by atoms with Gasteiger partial charge in [0.05, 0.1) is 6.04 Å². The molecular formula is C24H29N3OS. The molecule has 0 spiro atoms. The molecule has 152 valence electrons. The standard InChI is InChI=1S/C24H29N3OS/c1-17(25-24(28)27(3)18-12-14-26(2)15-13-18)19-10-11-22(23-9-6-16-29-23)21-8-5-4-7-20(19)21/h4-11,16-18H,12-15H2,1-3H3,(H,25,28). The van der Waals surface area contributed by atoms with E-state index in [1.165, 1.54) is 21.2 Å². The molecule has 4 rings (SSSR count). The van der Waals surface area contributed by atoms with Gasteiger partial charge >= 0.3 is 6.03 Å². The summed E-state index contributed by atoms with van der Waals surface area (Å²) in [4.78, 5) is 18.4. The van der Waals surface area contributed by atoms with Crippen LogP contribution in [0.4, 0.5) is 4.79 Å². The number of hydrogen-bond donors (Lipinski definition) is 1. The van der Waals surface area contributed by atoms with E-state index in [4.69, 9.17) is 0 Å². The van der Waals surface area contributed by atoms with E-state index in [0.29, 0.717) is 6.04 Å².